The zero-order chi connectivity index (χ0) is 20.5. The van der Waals surface area contributed by atoms with Crippen LogP contribution in [0.25, 0.3) is 0 Å². The van der Waals surface area contributed by atoms with Crippen molar-refractivity contribution in [3.05, 3.63) is 36.9 Å². The number of hydrogen-bond donors (Lipinski definition) is 2. The lowest BCUT2D eigenvalue weighted by Gasteiger charge is -2.53. The van der Waals surface area contributed by atoms with Crippen molar-refractivity contribution in [3.63, 3.8) is 0 Å². The van der Waals surface area contributed by atoms with Gasteiger partial charge >= 0.3 is 0 Å². The van der Waals surface area contributed by atoms with Crippen LogP contribution in [0.5, 0.6) is 0 Å². The number of aryl methyl sites for hydroxylation is 1. The summed E-state index contributed by atoms with van der Waals surface area (Å²) >= 11 is 0. The molecule has 0 aliphatic carbocycles. The average Bonchev–Trinajstić information content (AvgIpc) is 3.37. The van der Waals surface area contributed by atoms with Crippen LogP contribution in [0.3, 0.4) is 0 Å². The molecule has 0 bridgehead atoms. The number of aromatic nitrogens is 4. The number of amides is 1. The maximum absolute atomic E-state index is 12.6. The van der Waals surface area contributed by atoms with Gasteiger partial charge in [-0.25, -0.2) is 9.97 Å². The summed E-state index contributed by atoms with van der Waals surface area (Å²) in [4.78, 5) is 23.2. The third-order valence-electron chi connectivity index (χ3n) is 6.39. The third kappa shape index (κ3) is 4.08. The van der Waals surface area contributed by atoms with Crippen LogP contribution < -0.4 is 5.32 Å². The van der Waals surface area contributed by atoms with Gasteiger partial charge in [-0.15, -0.1) is 0 Å². The number of ether oxygens (including phenoxy) is 1. The molecule has 2 atom stereocenters. The van der Waals surface area contributed by atoms with Crippen LogP contribution in [0.2, 0.25) is 0 Å². The molecule has 2 aliphatic rings. The van der Waals surface area contributed by atoms with Gasteiger partial charge in [0.2, 0.25) is 0 Å². The number of piperidine rings is 1. The molecule has 9 nitrogen and oxygen atoms in total. The number of rotatable bonds is 5. The van der Waals surface area contributed by atoms with Gasteiger partial charge in [0.05, 0.1) is 23.8 Å². The van der Waals surface area contributed by atoms with Crippen molar-refractivity contribution in [1.29, 1.82) is 0 Å². The Morgan fingerprint density at radius 1 is 1.31 bits per heavy atom. The zero-order valence-corrected chi connectivity index (χ0v) is 17.1. The first-order valence-electron chi connectivity index (χ1n) is 10.2. The summed E-state index contributed by atoms with van der Waals surface area (Å²) in [6, 6.07) is 0. The van der Waals surface area contributed by atoms with E-state index < -0.39 is 17.2 Å². The van der Waals surface area contributed by atoms with E-state index in [4.69, 9.17) is 4.74 Å². The van der Waals surface area contributed by atoms with Gasteiger partial charge in [0.15, 0.2) is 0 Å². The topological polar surface area (TPSA) is 97.4 Å². The molecule has 2 N–H and O–H groups in total. The first-order valence-corrected chi connectivity index (χ1v) is 10.2. The summed E-state index contributed by atoms with van der Waals surface area (Å²) in [7, 11) is 1.82. The van der Waals surface area contributed by atoms with E-state index in [1.165, 1.54) is 0 Å². The Bertz CT molecular complexity index is 827. The fourth-order valence-electron chi connectivity index (χ4n) is 4.50. The van der Waals surface area contributed by atoms with Crippen LogP contribution in [-0.4, -0.2) is 78.5 Å². The molecule has 1 spiro atoms. The van der Waals surface area contributed by atoms with Crippen LogP contribution in [0.15, 0.2) is 31.2 Å². The van der Waals surface area contributed by atoms with Crippen molar-refractivity contribution < 1.29 is 14.6 Å². The van der Waals surface area contributed by atoms with E-state index >= 15 is 0 Å². The van der Waals surface area contributed by atoms with Crippen molar-refractivity contribution >= 4 is 5.91 Å². The highest BCUT2D eigenvalue weighted by atomic mass is 16.5. The Balaban J connectivity index is 1.37. The van der Waals surface area contributed by atoms with Crippen molar-refractivity contribution in [3.8, 4) is 0 Å². The maximum Gasteiger partial charge on any atom is 0.271 e. The van der Waals surface area contributed by atoms with E-state index in [0.29, 0.717) is 18.7 Å². The smallest absolute Gasteiger partial charge is 0.271 e. The van der Waals surface area contributed by atoms with Crippen molar-refractivity contribution in [1.82, 2.24) is 29.3 Å². The van der Waals surface area contributed by atoms with E-state index in [1.54, 1.807) is 23.3 Å². The SMILES string of the molecule is Cn1cnc(C(=O)N[C@]2(C)CCOC3(CCN(CCn4ccnc4)CC3)[C@H]2O)c1. The molecule has 4 heterocycles. The molecule has 2 fully saturated rings. The zero-order valence-electron chi connectivity index (χ0n) is 17.1. The van der Waals surface area contributed by atoms with E-state index in [1.807, 2.05) is 26.5 Å². The Hall–Kier alpha value is -2.23. The summed E-state index contributed by atoms with van der Waals surface area (Å²) in [6.07, 6.45) is 10.1. The quantitative estimate of drug-likeness (QED) is 0.752. The Kier molecular flexibility index (Phi) is 5.46. The highest BCUT2D eigenvalue weighted by Crippen LogP contribution is 2.40. The molecule has 158 valence electrons. The number of aliphatic hydroxyl groups excluding tert-OH is 1. The predicted octanol–water partition coefficient (Wildman–Crippen LogP) is 0.421. The highest BCUT2D eigenvalue weighted by Gasteiger charge is 2.53. The minimum Gasteiger partial charge on any atom is -0.388 e. The molecule has 0 radical (unpaired) electrons. The fraction of sp³-hybridized carbons (Fsp3) is 0.650. The van der Waals surface area contributed by atoms with Crippen LogP contribution in [0.1, 0.15) is 36.7 Å². The minimum atomic E-state index is -0.771. The second kappa shape index (κ2) is 7.89. The number of aliphatic hydroxyl groups is 1. The molecule has 0 unspecified atom stereocenters. The first-order chi connectivity index (χ1) is 13.9. The summed E-state index contributed by atoms with van der Waals surface area (Å²) in [5.41, 5.74) is -1.00. The lowest BCUT2D eigenvalue weighted by molar-refractivity contribution is -0.205. The van der Waals surface area contributed by atoms with Gasteiger partial charge in [0, 0.05) is 58.4 Å². The van der Waals surface area contributed by atoms with E-state index in [9.17, 15) is 9.90 Å². The van der Waals surface area contributed by atoms with Gasteiger partial charge in [-0.1, -0.05) is 0 Å². The van der Waals surface area contributed by atoms with Gasteiger partial charge in [0.25, 0.3) is 5.91 Å². The molecule has 2 aliphatic heterocycles. The Labute approximate surface area is 170 Å². The van der Waals surface area contributed by atoms with E-state index in [2.05, 4.69) is 24.8 Å². The fourth-order valence-corrected chi connectivity index (χ4v) is 4.50. The molecular weight excluding hydrogens is 372 g/mol. The van der Waals surface area contributed by atoms with Gasteiger partial charge in [-0.3, -0.25) is 4.79 Å². The molecule has 9 heteroatoms. The molecule has 2 saturated heterocycles. The normalized spacial score (nSPS) is 27.2. The number of nitrogens with zero attached hydrogens (tertiary/aromatic N) is 5. The molecule has 1 amide bonds. The highest BCUT2D eigenvalue weighted by molar-refractivity contribution is 5.92. The third-order valence-corrected chi connectivity index (χ3v) is 6.39. The number of imidazole rings is 2. The summed E-state index contributed by atoms with van der Waals surface area (Å²) in [6.45, 7) is 5.98. The average molecular weight is 402 g/mol. The maximum atomic E-state index is 12.6. The second-order valence-corrected chi connectivity index (χ2v) is 8.50. The standard InChI is InChI=1S/C20H30N6O3/c1-19(23-17(27)16-13-24(2)15-22-16)5-12-29-20(18(19)28)3-7-25(8-4-20)10-11-26-9-6-21-14-26/h6,9,13-15,18,28H,3-5,7-8,10-12H2,1-2H3,(H,23,27)/t18-,19+/m0/s1. The molecule has 2 aromatic rings. The number of nitrogens with one attached hydrogen (secondary N) is 1. The molecule has 0 saturated carbocycles. The Morgan fingerprint density at radius 3 is 2.76 bits per heavy atom. The summed E-state index contributed by atoms with van der Waals surface area (Å²) in [5.74, 6) is -0.262. The van der Waals surface area contributed by atoms with Crippen LogP contribution in [0.4, 0.5) is 0 Å². The van der Waals surface area contributed by atoms with Crippen LogP contribution in [0, 0.1) is 0 Å². The second-order valence-electron chi connectivity index (χ2n) is 8.50. The monoisotopic (exact) mass is 402 g/mol. The van der Waals surface area contributed by atoms with Gasteiger partial charge in [0.1, 0.15) is 11.8 Å². The van der Waals surface area contributed by atoms with Gasteiger partial charge in [-0.2, -0.15) is 0 Å². The molecule has 0 aromatic carbocycles. The van der Waals surface area contributed by atoms with Crippen LogP contribution in [-0.2, 0) is 18.3 Å². The summed E-state index contributed by atoms with van der Waals surface area (Å²) < 4.78 is 9.95. The number of hydrogen-bond acceptors (Lipinski definition) is 6. The predicted molar refractivity (Wildman–Crippen MR) is 106 cm³/mol. The lowest BCUT2D eigenvalue weighted by atomic mass is 9.73. The molecule has 29 heavy (non-hydrogen) atoms. The number of carbonyl (C=O) groups is 1. The van der Waals surface area contributed by atoms with Crippen molar-refractivity contribution in [2.24, 2.45) is 7.05 Å². The molecule has 2 aromatic heterocycles. The van der Waals surface area contributed by atoms with E-state index in [0.717, 1.165) is 39.0 Å². The molecule has 4 rings (SSSR count). The Morgan fingerprint density at radius 2 is 2.10 bits per heavy atom. The van der Waals surface area contributed by atoms with Crippen molar-refractivity contribution in [2.45, 2.75) is 50.0 Å². The minimum absolute atomic E-state index is 0.262. The van der Waals surface area contributed by atoms with Crippen LogP contribution >= 0.6 is 0 Å². The number of carbonyl (C=O) groups excluding carboxylic acids is 1. The van der Waals surface area contributed by atoms with Gasteiger partial charge in [-0.05, 0) is 26.2 Å². The van der Waals surface area contributed by atoms with Crippen molar-refractivity contribution in [2.75, 3.05) is 26.2 Å². The largest absolute Gasteiger partial charge is 0.388 e. The van der Waals surface area contributed by atoms with Gasteiger partial charge < -0.3 is 29.2 Å². The molecular formula is C20H30N6O3. The van der Waals surface area contributed by atoms with E-state index in [-0.39, 0.29) is 5.91 Å². The lowest BCUT2D eigenvalue weighted by Crippen LogP contribution is -2.69. The number of likely N-dealkylation sites (tertiary alicyclic amines) is 1. The summed E-state index contributed by atoms with van der Waals surface area (Å²) in [5, 5.41) is 14.3. The first kappa shape index (κ1) is 20.1.